The van der Waals surface area contributed by atoms with Crippen LogP contribution in [0.15, 0.2) is 42.5 Å². The number of halogens is 1. The summed E-state index contributed by atoms with van der Waals surface area (Å²) in [7, 11) is 0. The first-order valence-corrected chi connectivity index (χ1v) is 11.3. The largest absolute Gasteiger partial charge is 0.351 e. The molecule has 1 saturated heterocycles. The first-order chi connectivity index (χ1) is 15.8. The van der Waals surface area contributed by atoms with E-state index in [0.29, 0.717) is 29.0 Å². The molecule has 2 aromatic carbocycles. The van der Waals surface area contributed by atoms with Crippen LogP contribution in [0.2, 0.25) is 0 Å². The van der Waals surface area contributed by atoms with Gasteiger partial charge in [-0.05, 0) is 55.9 Å². The van der Waals surface area contributed by atoms with Crippen LogP contribution in [0.1, 0.15) is 36.2 Å². The van der Waals surface area contributed by atoms with E-state index in [1.165, 1.54) is 11.0 Å². The number of nitrogens with zero attached hydrogens (tertiary/aromatic N) is 2. The Balaban J connectivity index is 1.58. The minimum atomic E-state index is -0.562. The third-order valence-corrected chi connectivity index (χ3v) is 5.96. The third-order valence-electron chi connectivity index (χ3n) is 5.96. The fraction of sp³-hybridized carbons (Fsp3) is 0.400. The number of anilines is 2. The summed E-state index contributed by atoms with van der Waals surface area (Å²) in [5.41, 5.74) is 1.88. The zero-order valence-electron chi connectivity index (χ0n) is 19.4. The zero-order valence-corrected chi connectivity index (χ0v) is 19.4. The summed E-state index contributed by atoms with van der Waals surface area (Å²) < 4.78 is 13.9. The molecule has 0 aromatic heterocycles. The van der Waals surface area contributed by atoms with Gasteiger partial charge in [-0.15, -0.1) is 0 Å². The fourth-order valence-electron chi connectivity index (χ4n) is 3.83. The van der Waals surface area contributed by atoms with Crippen molar-refractivity contribution in [3.05, 3.63) is 59.4 Å². The van der Waals surface area contributed by atoms with Gasteiger partial charge in [0.05, 0.1) is 5.92 Å². The molecule has 33 heavy (non-hydrogen) atoms. The Labute approximate surface area is 193 Å². The quantitative estimate of drug-likeness (QED) is 0.610. The molecule has 2 aromatic rings. The van der Waals surface area contributed by atoms with Gasteiger partial charge in [0.1, 0.15) is 5.82 Å². The fourth-order valence-corrected chi connectivity index (χ4v) is 3.83. The van der Waals surface area contributed by atoms with Crippen molar-refractivity contribution >= 4 is 29.1 Å². The van der Waals surface area contributed by atoms with Crippen molar-refractivity contribution in [2.75, 3.05) is 42.9 Å². The lowest BCUT2D eigenvalue weighted by Crippen LogP contribution is -2.34. The molecule has 176 valence electrons. The minimum Gasteiger partial charge on any atom is -0.351 e. The van der Waals surface area contributed by atoms with Crippen molar-refractivity contribution in [1.29, 1.82) is 0 Å². The summed E-state index contributed by atoms with van der Waals surface area (Å²) >= 11 is 0. The molecular formula is C25H31FN4O3. The molecule has 1 heterocycles. The molecule has 0 aliphatic carbocycles. The molecule has 0 saturated carbocycles. The normalized spacial score (nSPS) is 15.7. The topological polar surface area (TPSA) is 81.8 Å². The van der Waals surface area contributed by atoms with Gasteiger partial charge in [-0.2, -0.15) is 0 Å². The Kier molecular flexibility index (Phi) is 8.16. The molecule has 1 aliphatic rings. The first kappa shape index (κ1) is 24.4. The van der Waals surface area contributed by atoms with Gasteiger partial charge in [0.2, 0.25) is 11.8 Å². The zero-order chi connectivity index (χ0) is 24.0. The standard InChI is InChI=1S/C25H31FN4O3/c1-4-29(5-2)12-11-27-24(32)18-7-6-8-20(13-18)28-25(33)19-14-23(31)30(16-19)21-10-9-17(3)22(26)15-21/h6-10,13,15,19H,4-5,11-12,14,16H2,1-3H3,(H,27,32)(H,28,33)/t19-/m0/s1. The molecule has 0 unspecified atom stereocenters. The number of likely N-dealkylation sites (N-methyl/N-ethyl adjacent to an activating group) is 1. The molecule has 3 amide bonds. The van der Waals surface area contributed by atoms with Crippen LogP contribution >= 0.6 is 0 Å². The average Bonchev–Trinajstić information content (AvgIpc) is 3.20. The molecule has 0 spiro atoms. The van der Waals surface area contributed by atoms with Crippen LogP contribution in [0, 0.1) is 18.7 Å². The lowest BCUT2D eigenvalue weighted by atomic mass is 10.1. The predicted molar refractivity (Wildman–Crippen MR) is 127 cm³/mol. The summed E-state index contributed by atoms with van der Waals surface area (Å²) in [6, 6.07) is 11.3. The lowest BCUT2D eigenvalue weighted by Gasteiger charge is -2.18. The Morgan fingerprint density at radius 1 is 1.15 bits per heavy atom. The Morgan fingerprint density at radius 3 is 2.61 bits per heavy atom. The highest BCUT2D eigenvalue weighted by Crippen LogP contribution is 2.27. The maximum absolute atomic E-state index is 13.9. The number of benzene rings is 2. The SMILES string of the molecule is CCN(CC)CCNC(=O)c1cccc(NC(=O)[C@H]2CC(=O)N(c3ccc(C)c(F)c3)C2)c1. The van der Waals surface area contributed by atoms with E-state index in [1.807, 2.05) is 0 Å². The van der Waals surface area contributed by atoms with Gasteiger partial charge in [0.25, 0.3) is 5.91 Å². The summed E-state index contributed by atoms with van der Waals surface area (Å²) in [5, 5.41) is 5.70. The Bertz CT molecular complexity index is 1020. The van der Waals surface area contributed by atoms with E-state index in [4.69, 9.17) is 0 Å². The minimum absolute atomic E-state index is 0.0485. The van der Waals surface area contributed by atoms with Gasteiger partial charge < -0.3 is 20.4 Å². The molecule has 2 N–H and O–H groups in total. The summed E-state index contributed by atoms with van der Waals surface area (Å²) in [4.78, 5) is 41.3. The van der Waals surface area contributed by atoms with Gasteiger partial charge in [-0.3, -0.25) is 14.4 Å². The van der Waals surface area contributed by atoms with Crippen LogP contribution in [0.3, 0.4) is 0 Å². The van der Waals surface area contributed by atoms with Crippen molar-refractivity contribution in [3.63, 3.8) is 0 Å². The van der Waals surface area contributed by atoms with E-state index in [9.17, 15) is 18.8 Å². The van der Waals surface area contributed by atoms with Crippen molar-refractivity contribution < 1.29 is 18.8 Å². The van der Waals surface area contributed by atoms with E-state index in [0.717, 1.165) is 19.6 Å². The van der Waals surface area contributed by atoms with E-state index in [2.05, 4.69) is 29.4 Å². The molecule has 0 radical (unpaired) electrons. The van der Waals surface area contributed by atoms with E-state index in [1.54, 1.807) is 43.3 Å². The highest BCUT2D eigenvalue weighted by Gasteiger charge is 2.35. The molecule has 0 bridgehead atoms. The number of carbonyl (C=O) groups is 3. The van der Waals surface area contributed by atoms with Gasteiger partial charge in [-0.1, -0.05) is 26.0 Å². The van der Waals surface area contributed by atoms with Crippen LogP contribution in [0.25, 0.3) is 0 Å². The van der Waals surface area contributed by atoms with E-state index in [-0.39, 0.29) is 36.5 Å². The summed E-state index contributed by atoms with van der Waals surface area (Å²) in [6.45, 7) is 9.14. The van der Waals surface area contributed by atoms with Crippen LogP contribution in [0.5, 0.6) is 0 Å². The molecule has 1 fully saturated rings. The van der Waals surface area contributed by atoms with Crippen LogP contribution < -0.4 is 15.5 Å². The second-order valence-corrected chi connectivity index (χ2v) is 8.19. The number of nitrogens with one attached hydrogen (secondary N) is 2. The van der Waals surface area contributed by atoms with E-state index >= 15 is 0 Å². The van der Waals surface area contributed by atoms with Crippen LogP contribution in [-0.4, -0.2) is 55.3 Å². The monoisotopic (exact) mass is 454 g/mol. The molecule has 8 heteroatoms. The van der Waals surface area contributed by atoms with Gasteiger partial charge >= 0.3 is 0 Å². The number of amides is 3. The smallest absolute Gasteiger partial charge is 0.251 e. The van der Waals surface area contributed by atoms with Crippen LogP contribution in [0.4, 0.5) is 15.8 Å². The average molecular weight is 455 g/mol. The van der Waals surface area contributed by atoms with Crippen molar-refractivity contribution in [3.8, 4) is 0 Å². The molecule has 1 aliphatic heterocycles. The molecule has 3 rings (SSSR count). The van der Waals surface area contributed by atoms with Gasteiger partial charge in [0.15, 0.2) is 0 Å². The number of carbonyl (C=O) groups excluding carboxylic acids is 3. The number of hydrogen-bond acceptors (Lipinski definition) is 4. The second kappa shape index (κ2) is 11.0. The molecule has 7 nitrogen and oxygen atoms in total. The third kappa shape index (κ3) is 6.16. The van der Waals surface area contributed by atoms with Gasteiger partial charge in [-0.25, -0.2) is 4.39 Å². The predicted octanol–water partition coefficient (Wildman–Crippen LogP) is 3.20. The highest BCUT2D eigenvalue weighted by atomic mass is 19.1. The molecule has 1 atom stereocenters. The van der Waals surface area contributed by atoms with Crippen molar-refractivity contribution in [2.45, 2.75) is 27.2 Å². The van der Waals surface area contributed by atoms with Crippen LogP contribution in [-0.2, 0) is 9.59 Å². The lowest BCUT2D eigenvalue weighted by molar-refractivity contribution is -0.122. The summed E-state index contributed by atoms with van der Waals surface area (Å²) in [5.74, 6) is -1.69. The van der Waals surface area contributed by atoms with E-state index < -0.39 is 5.92 Å². The highest BCUT2D eigenvalue weighted by molar-refractivity contribution is 6.04. The second-order valence-electron chi connectivity index (χ2n) is 8.19. The molecular weight excluding hydrogens is 423 g/mol. The van der Waals surface area contributed by atoms with Crippen molar-refractivity contribution in [2.24, 2.45) is 5.92 Å². The Hall–Kier alpha value is -3.26. The summed E-state index contributed by atoms with van der Waals surface area (Å²) in [6.07, 6.45) is 0.0485. The maximum atomic E-state index is 13.9. The van der Waals surface area contributed by atoms with Crippen molar-refractivity contribution in [1.82, 2.24) is 10.2 Å². The number of aryl methyl sites for hydroxylation is 1. The Morgan fingerprint density at radius 2 is 1.91 bits per heavy atom. The number of rotatable bonds is 9. The first-order valence-electron chi connectivity index (χ1n) is 11.3. The van der Waals surface area contributed by atoms with Gasteiger partial charge in [0, 0.05) is 43.0 Å². The maximum Gasteiger partial charge on any atom is 0.251 e. The number of hydrogen-bond donors (Lipinski definition) is 2.